The molecule has 0 fully saturated rings. The van der Waals surface area contributed by atoms with Gasteiger partial charge in [-0.1, -0.05) is 49.7 Å². The first kappa shape index (κ1) is 26.7. The minimum atomic E-state index is -3.77. The number of anilines is 1. The van der Waals surface area contributed by atoms with E-state index in [1.54, 1.807) is 24.3 Å². The van der Waals surface area contributed by atoms with Crippen LogP contribution in [0.2, 0.25) is 5.02 Å². The van der Waals surface area contributed by atoms with Crippen LogP contribution in [-0.2, 0) is 26.2 Å². The van der Waals surface area contributed by atoms with Gasteiger partial charge in [-0.15, -0.1) is 0 Å². The van der Waals surface area contributed by atoms with Crippen LogP contribution in [0.25, 0.3) is 0 Å². The molecule has 0 heterocycles. The normalized spacial score (nSPS) is 12.2. The molecule has 0 unspecified atom stereocenters. The zero-order valence-corrected chi connectivity index (χ0v) is 21.1. The van der Waals surface area contributed by atoms with Crippen molar-refractivity contribution in [2.45, 2.75) is 46.2 Å². The van der Waals surface area contributed by atoms with E-state index in [4.69, 9.17) is 11.6 Å². The maximum absolute atomic E-state index is 13.5. The number of carbonyl (C=O) groups is 2. The highest BCUT2D eigenvalue weighted by Crippen LogP contribution is 2.22. The van der Waals surface area contributed by atoms with E-state index in [2.05, 4.69) is 5.32 Å². The molecule has 0 aliphatic carbocycles. The highest BCUT2D eigenvalue weighted by molar-refractivity contribution is 7.92. The molecule has 0 aliphatic rings. The number of nitrogens with one attached hydrogen (secondary N) is 1. The van der Waals surface area contributed by atoms with Gasteiger partial charge in [0, 0.05) is 18.1 Å². The molecule has 33 heavy (non-hydrogen) atoms. The van der Waals surface area contributed by atoms with Crippen LogP contribution in [0.1, 0.15) is 37.8 Å². The Morgan fingerprint density at radius 1 is 1.06 bits per heavy atom. The molecule has 2 aromatic rings. The zero-order valence-electron chi connectivity index (χ0n) is 19.5. The Labute approximate surface area is 201 Å². The molecular formula is C24H32ClN3O4S. The summed E-state index contributed by atoms with van der Waals surface area (Å²) in [5.74, 6) is -0.712. The highest BCUT2D eigenvalue weighted by atomic mass is 35.5. The first-order valence-electron chi connectivity index (χ1n) is 10.9. The monoisotopic (exact) mass is 493 g/mol. The third-order valence-electron chi connectivity index (χ3n) is 5.33. The van der Waals surface area contributed by atoms with Gasteiger partial charge in [0.15, 0.2) is 0 Å². The SMILES string of the molecule is CCCNC(=O)[C@@H](CC)N(Cc1ccccc1C)C(=O)CN(c1ccc(Cl)cc1)S(C)(=O)=O. The van der Waals surface area contributed by atoms with Gasteiger partial charge in [0.25, 0.3) is 0 Å². The number of hydrogen-bond donors (Lipinski definition) is 1. The molecular weight excluding hydrogens is 462 g/mol. The largest absolute Gasteiger partial charge is 0.354 e. The Hall–Kier alpha value is -2.58. The van der Waals surface area contributed by atoms with Crippen LogP contribution >= 0.6 is 11.6 Å². The first-order chi connectivity index (χ1) is 15.6. The summed E-state index contributed by atoms with van der Waals surface area (Å²) < 4.78 is 26.1. The topological polar surface area (TPSA) is 86.8 Å². The molecule has 180 valence electrons. The number of benzene rings is 2. The number of sulfonamides is 1. The Kier molecular flexibility index (Phi) is 9.73. The second-order valence-electron chi connectivity index (χ2n) is 7.91. The summed E-state index contributed by atoms with van der Waals surface area (Å²) >= 11 is 5.94. The van der Waals surface area contributed by atoms with Crippen LogP contribution in [0.5, 0.6) is 0 Å². The van der Waals surface area contributed by atoms with Gasteiger partial charge in [-0.05, 0) is 55.2 Å². The molecule has 2 amide bonds. The summed E-state index contributed by atoms with van der Waals surface area (Å²) in [7, 11) is -3.77. The molecule has 0 saturated heterocycles. The Balaban J connectivity index is 2.42. The number of nitrogens with zero attached hydrogens (tertiary/aromatic N) is 2. The molecule has 0 saturated carbocycles. The maximum atomic E-state index is 13.5. The number of hydrogen-bond acceptors (Lipinski definition) is 4. The highest BCUT2D eigenvalue weighted by Gasteiger charge is 2.31. The van der Waals surface area contributed by atoms with Gasteiger partial charge in [-0.2, -0.15) is 0 Å². The first-order valence-corrected chi connectivity index (χ1v) is 13.2. The van der Waals surface area contributed by atoms with Gasteiger partial charge in [-0.3, -0.25) is 13.9 Å². The summed E-state index contributed by atoms with van der Waals surface area (Å²) in [4.78, 5) is 27.9. The molecule has 2 aromatic carbocycles. The fourth-order valence-corrected chi connectivity index (χ4v) is 4.45. The van der Waals surface area contributed by atoms with Crippen molar-refractivity contribution in [1.82, 2.24) is 10.2 Å². The minimum Gasteiger partial charge on any atom is -0.354 e. The van der Waals surface area contributed by atoms with E-state index >= 15 is 0 Å². The molecule has 1 atom stereocenters. The number of rotatable bonds is 11. The molecule has 0 aliphatic heterocycles. The lowest BCUT2D eigenvalue weighted by molar-refractivity contribution is -0.140. The second-order valence-corrected chi connectivity index (χ2v) is 10.3. The minimum absolute atomic E-state index is 0.196. The van der Waals surface area contributed by atoms with Crippen LogP contribution in [-0.4, -0.2) is 50.5 Å². The van der Waals surface area contributed by atoms with Crippen LogP contribution in [0.3, 0.4) is 0 Å². The van der Waals surface area contributed by atoms with E-state index in [1.807, 2.05) is 45.0 Å². The van der Waals surface area contributed by atoms with Crippen molar-refractivity contribution in [2.75, 3.05) is 23.7 Å². The van der Waals surface area contributed by atoms with Crippen LogP contribution in [0.4, 0.5) is 5.69 Å². The van der Waals surface area contributed by atoms with Crippen molar-refractivity contribution in [1.29, 1.82) is 0 Å². The van der Waals surface area contributed by atoms with Crippen molar-refractivity contribution in [2.24, 2.45) is 0 Å². The molecule has 0 radical (unpaired) electrons. The van der Waals surface area contributed by atoms with Crippen molar-refractivity contribution in [3.63, 3.8) is 0 Å². The number of amides is 2. The maximum Gasteiger partial charge on any atom is 0.244 e. The lowest BCUT2D eigenvalue weighted by atomic mass is 10.1. The quantitative estimate of drug-likeness (QED) is 0.516. The molecule has 9 heteroatoms. The molecule has 0 bridgehead atoms. The van der Waals surface area contributed by atoms with Gasteiger partial charge in [-0.25, -0.2) is 8.42 Å². The Morgan fingerprint density at radius 2 is 1.70 bits per heavy atom. The van der Waals surface area contributed by atoms with Gasteiger partial charge in [0.05, 0.1) is 11.9 Å². The fraction of sp³-hybridized carbons (Fsp3) is 0.417. The van der Waals surface area contributed by atoms with Gasteiger partial charge >= 0.3 is 0 Å². The van der Waals surface area contributed by atoms with Crippen molar-refractivity contribution in [3.8, 4) is 0 Å². The van der Waals surface area contributed by atoms with Crippen molar-refractivity contribution in [3.05, 3.63) is 64.7 Å². The summed E-state index contributed by atoms with van der Waals surface area (Å²) in [6.07, 6.45) is 2.21. The van der Waals surface area contributed by atoms with E-state index in [9.17, 15) is 18.0 Å². The predicted octanol–water partition coefficient (Wildman–Crippen LogP) is 3.75. The fourth-order valence-electron chi connectivity index (χ4n) is 3.48. The predicted molar refractivity (Wildman–Crippen MR) is 133 cm³/mol. The summed E-state index contributed by atoms with van der Waals surface area (Å²) in [6.45, 7) is 6.00. The average Bonchev–Trinajstić information content (AvgIpc) is 2.77. The van der Waals surface area contributed by atoms with E-state index in [1.165, 1.54) is 4.90 Å². The number of aryl methyl sites for hydroxylation is 1. The molecule has 1 N–H and O–H groups in total. The van der Waals surface area contributed by atoms with Crippen LogP contribution < -0.4 is 9.62 Å². The lowest BCUT2D eigenvalue weighted by Crippen LogP contribution is -2.52. The van der Waals surface area contributed by atoms with E-state index in [0.29, 0.717) is 23.7 Å². The third kappa shape index (κ3) is 7.47. The Bertz CT molecular complexity index is 1060. The van der Waals surface area contributed by atoms with Crippen molar-refractivity contribution < 1.29 is 18.0 Å². The smallest absolute Gasteiger partial charge is 0.244 e. The summed E-state index contributed by atoms with van der Waals surface area (Å²) in [5.41, 5.74) is 2.20. The standard InChI is InChI=1S/C24H32ClN3O4S/c1-5-15-26-24(30)22(6-2)27(16-19-10-8-7-9-18(19)3)23(29)17-28(33(4,31)32)21-13-11-20(25)12-14-21/h7-14,22H,5-6,15-17H2,1-4H3,(H,26,30)/t22-/m1/s1. The average molecular weight is 494 g/mol. The van der Waals surface area contributed by atoms with Gasteiger partial charge < -0.3 is 10.2 Å². The van der Waals surface area contributed by atoms with E-state index in [-0.39, 0.29) is 12.5 Å². The summed E-state index contributed by atoms with van der Waals surface area (Å²) in [6, 6.07) is 13.1. The number of halogens is 1. The van der Waals surface area contributed by atoms with Crippen LogP contribution in [0, 0.1) is 6.92 Å². The Morgan fingerprint density at radius 3 is 2.24 bits per heavy atom. The lowest BCUT2D eigenvalue weighted by Gasteiger charge is -2.33. The van der Waals surface area contributed by atoms with Gasteiger partial charge in [0.1, 0.15) is 12.6 Å². The van der Waals surface area contributed by atoms with Crippen LogP contribution in [0.15, 0.2) is 48.5 Å². The van der Waals surface area contributed by atoms with E-state index < -0.39 is 28.5 Å². The zero-order chi connectivity index (χ0) is 24.6. The number of carbonyl (C=O) groups excluding carboxylic acids is 2. The third-order valence-corrected chi connectivity index (χ3v) is 6.72. The van der Waals surface area contributed by atoms with E-state index in [0.717, 1.165) is 28.1 Å². The molecule has 2 rings (SSSR count). The molecule has 7 nitrogen and oxygen atoms in total. The second kappa shape index (κ2) is 12.0. The molecule has 0 aromatic heterocycles. The van der Waals surface area contributed by atoms with Crippen molar-refractivity contribution >= 4 is 39.1 Å². The van der Waals surface area contributed by atoms with Gasteiger partial charge in [0.2, 0.25) is 21.8 Å². The summed E-state index contributed by atoms with van der Waals surface area (Å²) in [5, 5.41) is 3.32. The molecule has 0 spiro atoms.